The Labute approximate surface area is 173 Å². The van der Waals surface area contributed by atoms with Gasteiger partial charge in [0, 0.05) is 15.8 Å². The number of anilines is 1. The van der Waals surface area contributed by atoms with Gasteiger partial charge < -0.3 is 5.32 Å². The number of carbonyl (C=O) groups excluding carboxylic acids is 1. The Morgan fingerprint density at radius 2 is 1.79 bits per heavy atom. The summed E-state index contributed by atoms with van der Waals surface area (Å²) in [6, 6.07) is 13.1. The molecule has 0 unspecified atom stereocenters. The zero-order valence-corrected chi connectivity index (χ0v) is 17.8. The SMILES string of the molecule is CC[C@H](C(=O)Nc1c(C)cccc1C)n1nc(C)c2sc3ccccc3c2c1=O. The highest BCUT2D eigenvalue weighted by Gasteiger charge is 2.25. The molecule has 0 aliphatic heterocycles. The van der Waals surface area contributed by atoms with Gasteiger partial charge in [0.15, 0.2) is 0 Å². The first-order chi connectivity index (χ1) is 13.9. The summed E-state index contributed by atoms with van der Waals surface area (Å²) in [5, 5.41) is 9.11. The van der Waals surface area contributed by atoms with E-state index in [1.807, 2.05) is 70.2 Å². The fourth-order valence-electron chi connectivity index (χ4n) is 3.78. The Hall–Kier alpha value is -2.99. The van der Waals surface area contributed by atoms with Crippen LogP contribution in [0.5, 0.6) is 0 Å². The molecule has 0 aliphatic rings. The van der Waals surface area contributed by atoms with E-state index in [9.17, 15) is 9.59 Å². The number of para-hydroxylation sites is 1. The van der Waals surface area contributed by atoms with Gasteiger partial charge in [-0.2, -0.15) is 5.10 Å². The molecule has 0 spiro atoms. The first-order valence-corrected chi connectivity index (χ1v) is 10.5. The van der Waals surface area contributed by atoms with E-state index < -0.39 is 6.04 Å². The Balaban J connectivity index is 1.83. The summed E-state index contributed by atoms with van der Waals surface area (Å²) in [6.45, 7) is 7.71. The molecule has 0 saturated heterocycles. The second-order valence-corrected chi connectivity index (χ2v) is 8.37. The summed E-state index contributed by atoms with van der Waals surface area (Å²) in [4.78, 5) is 26.5. The summed E-state index contributed by atoms with van der Waals surface area (Å²) < 4.78 is 3.30. The molecule has 2 aromatic heterocycles. The number of thiophene rings is 1. The van der Waals surface area contributed by atoms with Crippen LogP contribution in [0.25, 0.3) is 20.2 Å². The minimum absolute atomic E-state index is 0.216. The van der Waals surface area contributed by atoms with Crippen LogP contribution in [-0.2, 0) is 4.79 Å². The normalized spacial score (nSPS) is 12.4. The van der Waals surface area contributed by atoms with Gasteiger partial charge in [-0.3, -0.25) is 9.59 Å². The number of carbonyl (C=O) groups is 1. The van der Waals surface area contributed by atoms with Gasteiger partial charge in [-0.1, -0.05) is 43.3 Å². The lowest BCUT2D eigenvalue weighted by Crippen LogP contribution is -2.35. The average Bonchev–Trinajstić information content (AvgIpc) is 3.10. The number of benzene rings is 2. The summed E-state index contributed by atoms with van der Waals surface area (Å²) in [5.74, 6) is -0.224. The van der Waals surface area contributed by atoms with Crippen molar-refractivity contribution in [1.29, 1.82) is 0 Å². The quantitative estimate of drug-likeness (QED) is 0.512. The molecule has 4 rings (SSSR count). The summed E-state index contributed by atoms with van der Waals surface area (Å²) in [7, 11) is 0. The van der Waals surface area contributed by atoms with Crippen molar-refractivity contribution in [2.24, 2.45) is 0 Å². The molecule has 0 bridgehead atoms. The maximum atomic E-state index is 13.4. The van der Waals surface area contributed by atoms with Gasteiger partial charge in [-0.05, 0) is 44.4 Å². The standard InChI is InChI=1S/C23H23N3O2S/c1-5-17(22(27)24-20-13(2)9-8-10-14(20)3)26-23(28)19-16-11-6-7-12-18(16)29-21(19)15(4)25-26/h6-12,17H,5H2,1-4H3,(H,24,27)/t17-/m1/s1. The number of rotatable bonds is 4. The van der Waals surface area contributed by atoms with E-state index in [1.165, 1.54) is 4.68 Å². The highest BCUT2D eigenvalue weighted by Crippen LogP contribution is 2.33. The van der Waals surface area contributed by atoms with E-state index in [2.05, 4.69) is 10.4 Å². The van der Waals surface area contributed by atoms with E-state index in [4.69, 9.17) is 0 Å². The highest BCUT2D eigenvalue weighted by molar-refractivity contribution is 7.26. The van der Waals surface area contributed by atoms with Crippen LogP contribution in [0.2, 0.25) is 0 Å². The van der Waals surface area contributed by atoms with Gasteiger partial charge in [0.2, 0.25) is 5.91 Å². The minimum atomic E-state index is -0.678. The predicted octanol–water partition coefficient (Wildman–Crippen LogP) is 5.13. The van der Waals surface area contributed by atoms with Crippen molar-refractivity contribution in [2.75, 3.05) is 5.32 Å². The molecule has 148 valence electrons. The molecule has 2 aromatic carbocycles. The number of hydrogen-bond donors (Lipinski definition) is 1. The second-order valence-electron chi connectivity index (χ2n) is 7.32. The number of aromatic nitrogens is 2. The Morgan fingerprint density at radius 3 is 2.48 bits per heavy atom. The zero-order chi connectivity index (χ0) is 20.7. The number of aryl methyl sites for hydroxylation is 3. The van der Waals surface area contributed by atoms with Crippen molar-refractivity contribution in [1.82, 2.24) is 9.78 Å². The third-order valence-electron chi connectivity index (χ3n) is 5.32. The molecule has 29 heavy (non-hydrogen) atoms. The molecule has 0 saturated carbocycles. The van der Waals surface area contributed by atoms with E-state index in [1.54, 1.807) is 11.3 Å². The van der Waals surface area contributed by atoms with Crippen molar-refractivity contribution in [3.63, 3.8) is 0 Å². The lowest BCUT2D eigenvalue weighted by atomic mass is 10.1. The Bertz CT molecular complexity index is 1280. The van der Waals surface area contributed by atoms with Crippen LogP contribution in [-0.4, -0.2) is 15.7 Å². The summed E-state index contributed by atoms with van der Waals surface area (Å²) in [6.07, 6.45) is 0.469. The number of amides is 1. The van der Waals surface area contributed by atoms with Crippen LogP contribution in [0.4, 0.5) is 5.69 Å². The molecule has 4 aromatic rings. The average molecular weight is 406 g/mol. The third kappa shape index (κ3) is 3.23. The minimum Gasteiger partial charge on any atom is -0.324 e. The fraction of sp³-hybridized carbons (Fsp3) is 0.261. The van der Waals surface area contributed by atoms with Crippen LogP contribution < -0.4 is 10.9 Å². The smallest absolute Gasteiger partial charge is 0.276 e. The maximum absolute atomic E-state index is 13.4. The van der Waals surface area contributed by atoms with Gasteiger partial charge in [-0.25, -0.2) is 4.68 Å². The summed E-state index contributed by atoms with van der Waals surface area (Å²) in [5.41, 5.74) is 3.32. The lowest BCUT2D eigenvalue weighted by Gasteiger charge is -2.19. The fourth-order valence-corrected chi connectivity index (χ4v) is 4.91. The van der Waals surface area contributed by atoms with Crippen LogP contribution in [0.15, 0.2) is 47.3 Å². The highest BCUT2D eigenvalue weighted by atomic mass is 32.1. The predicted molar refractivity (Wildman–Crippen MR) is 120 cm³/mol. The molecular formula is C23H23N3O2S. The Kier molecular flexibility index (Phi) is 4.96. The van der Waals surface area contributed by atoms with Crippen LogP contribution >= 0.6 is 11.3 Å². The van der Waals surface area contributed by atoms with Crippen LogP contribution in [0.1, 0.15) is 36.2 Å². The molecule has 1 N–H and O–H groups in total. The first-order valence-electron chi connectivity index (χ1n) is 9.70. The second kappa shape index (κ2) is 7.44. The topological polar surface area (TPSA) is 64.0 Å². The van der Waals surface area contributed by atoms with Crippen molar-refractivity contribution < 1.29 is 4.79 Å². The zero-order valence-electron chi connectivity index (χ0n) is 16.9. The van der Waals surface area contributed by atoms with Gasteiger partial charge in [0.05, 0.1) is 15.8 Å². The van der Waals surface area contributed by atoms with E-state index in [0.717, 1.165) is 37.3 Å². The molecule has 1 amide bonds. The van der Waals surface area contributed by atoms with Crippen molar-refractivity contribution in [3.8, 4) is 0 Å². The lowest BCUT2D eigenvalue weighted by molar-refractivity contribution is -0.119. The molecule has 0 aliphatic carbocycles. The van der Waals surface area contributed by atoms with E-state index in [-0.39, 0.29) is 11.5 Å². The Morgan fingerprint density at radius 1 is 1.10 bits per heavy atom. The number of fused-ring (bicyclic) bond motifs is 3. The maximum Gasteiger partial charge on any atom is 0.276 e. The number of nitrogens with zero attached hydrogens (tertiary/aromatic N) is 2. The molecule has 6 heteroatoms. The van der Waals surface area contributed by atoms with Gasteiger partial charge in [-0.15, -0.1) is 11.3 Å². The third-order valence-corrected chi connectivity index (χ3v) is 6.60. The molecule has 2 heterocycles. The van der Waals surface area contributed by atoms with E-state index in [0.29, 0.717) is 11.8 Å². The van der Waals surface area contributed by atoms with Crippen molar-refractivity contribution in [2.45, 2.75) is 40.2 Å². The summed E-state index contributed by atoms with van der Waals surface area (Å²) >= 11 is 1.57. The van der Waals surface area contributed by atoms with Gasteiger partial charge in [0.1, 0.15) is 6.04 Å². The monoisotopic (exact) mass is 405 g/mol. The molecule has 1 atom stereocenters. The number of nitrogens with one attached hydrogen (secondary N) is 1. The van der Waals surface area contributed by atoms with Crippen molar-refractivity contribution >= 4 is 43.1 Å². The van der Waals surface area contributed by atoms with Crippen LogP contribution in [0.3, 0.4) is 0 Å². The largest absolute Gasteiger partial charge is 0.324 e. The van der Waals surface area contributed by atoms with E-state index >= 15 is 0 Å². The first kappa shape index (κ1) is 19.3. The number of hydrogen-bond acceptors (Lipinski definition) is 4. The van der Waals surface area contributed by atoms with Crippen LogP contribution in [0, 0.1) is 20.8 Å². The molecule has 5 nitrogen and oxygen atoms in total. The van der Waals surface area contributed by atoms with Gasteiger partial charge >= 0.3 is 0 Å². The molecule has 0 radical (unpaired) electrons. The molecule has 0 fully saturated rings. The van der Waals surface area contributed by atoms with Gasteiger partial charge in [0.25, 0.3) is 5.56 Å². The molecular weight excluding hydrogens is 382 g/mol. The van der Waals surface area contributed by atoms with Crippen molar-refractivity contribution in [3.05, 3.63) is 69.6 Å².